The lowest BCUT2D eigenvalue weighted by atomic mass is 10.1. The van der Waals surface area contributed by atoms with Crippen molar-refractivity contribution in [3.63, 3.8) is 0 Å². The van der Waals surface area contributed by atoms with Gasteiger partial charge in [-0.15, -0.1) is 0 Å². The SMILES string of the molecule is CNC(=O)C(C)NS(=O)(=O)Cc1cccc(C(N)=S)c1. The van der Waals surface area contributed by atoms with E-state index in [1.54, 1.807) is 24.3 Å². The zero-order valence-electron chi connectivity index (χ0n) is 11.2. The Labute approximate surface area is 123 Å². The van der Waals surface area contributed by atoms with Crippen LogP contribution in [0.3, 0.4) is 0 Å². The number of likely N-dealkylation sites (N-methyl/N-ethyl adjacent to an activating group) is 1. The molecule has 0 saturated carbocycles. The average molecular weight is 315 g/mol. The Bertz CT molecular complexity index is 614. The third-order valence-electron chi connectivity index (χ3n) is 2.56. The number of nitrogens with two attached hydrogens (primary N) is 1. The minimum Gasteiger partial charge on any atom is -0.389 e. The first-order chi connectivity index (χ1) is 9.25. The standard InChI is InChI=1S/C12H17N3O3S2/c1-8(12(16)14-2)15-20(17,18)7-9-4-3-5-10(6-9)11(13)19/h3-6,8,15H,7H2,1-2H3,(H2,13,19)(H,14,16). The van der Waals surface area contributed by atoms with E-state index >= 15 is 0 Å². The molecule has 0 spiro atoms. The maximum Gasteiger partial charge on any atom is 0.237 e. The summed E-state index contributed by atoms with van der Waals surface area (Å²) in [7, 11) is -2.18. The van der Waals surface area contributed by atoms with Crippen LogP contribution in [0.25, 0.3) is 0 Å². The van der Waals surface area contributed by atoms with Gasteiger partial charge in [-0.3, -0.25) is 4.79 Å². The van der Waals surface area contributed by atoms with Crippen molar-refractivity contribution in [1.29, 1.82) is 0 Å². The number of amides is 1. The average Bonchev–Trinajstić information content (AvgIpc) is 2.36. The van der Waals surface area contributed by atoms with E-state index in [2.05, 4.69) is 10.0 Å². The van der Waals surface area contributed by atoms with Gasteiger partial charge in [-0.2, -0.15) is 0 Å². The molecule has 0 saturated heterocycles. The summed E-state index contributed by atoms with van der Waals surface area (Å²) in [6, 6.07) is 5.84. The van der Waals surface area contributed by atoms with Gasteiger partial charge in [-0.1, -0.05) is 30.4 Å². The van der Waals surface area contributed by atoms with E-state index in [9.17, 15) is 13.2 Å². The summed E-state index contributed by atoms with van der Waals surface area (Å²) in [5, 5.41) is 2.38. The Hall–Kier alpha value is -1.51. The molecule has 0 aliphatic rings. The molecular weight excluding hydrogens is 298 g/mol. The molecule has 4 N–H and O–H groups in total. The lowest BCUT2D eigenvalue weighted by molar-refractivity contribution is -0.121. The highest BCUT2D eigenvalue weighted by Gasteiger charge is 2.19. The predicted molar refractivity (Wildman–Crippen MR) is 81.6 cm³/mol. The van der Waals surface area contributed by atoms with Gasteiger partial charge in [0.1, 0.15) is 4.99 Å². The summed E-state index contributed by atoms with van der Waals surface area (Å²) >= 11 is 4.84. The summed E-state index contributed by atoms with van der Waals surface area (Å²) in [6.45, 7) is 1.47. The molecule has 1 unspecified atom stereocenters. The molecular formula is C12H17N3O3S2. The van der Waals surface area contributed by atoms with Gasteiger partial charge < -0.3 is 11.1 Å². The van der Waals surface area contributed by atoms with E-state index in [0.29, 0.717) is 11.1 Å². The summed E-state index contributed by atoms with van der Waals surface area (Å²) in [4.78, 5) is 11.5. The molecule has 20 heavy (non-hydrogen) atoms. The highest BCUT2D eigenvalue weighted by Crippen LogP contribution is 2.09. The molecule has 0 aliphatic carbocycles. The van der Waals surface area contributed by atoms with Gasteiger partial charge in [0.2, 0.25) is 15.9 Å². The van der Waals surface area contributed by atoms with E-state index < -0.39 is 22.0 Å². The maximum absolute atomic E-state index is 12.0. The van der Waals surface area contributed by atoms with Gasteiger partial charge in [0.15, 0.2) is 0 Å². The Balaban J connectivity index is 2.83. The van der Waals surface area contributed by atoms with Crippen molar-refractivity contribution >= 4 is 33.1 Å². The fourth-order valence-electron chi connectivity index (χ4n) is 1.61. The van der Waals surface area contributed by atoms with Crippen LogP contribution >= 0.6 is 12.2 Å². The highest BCUT2D eigenvalue weighted by molar-refractivity contribution is 7.88. The fraction of sp³-hybridized carbons (Fsp3) is 0.333. The topological polar surface area (TPSA) is 101 Å². The zero-order chi connectivity index (χ0) is 15.3. The first-order valence-electron chi connectivity index (χ1n) is 5.85. The van der Waals surface area contributed by atoms with Crippen molar-refractivity contribution in [2.45, 2.75) is 18.7 Å². The van der Waals surface area contributed by atoms with E-state index in [0.717, 1.165) is 0 Å². The molecule has 110 valence electrons. The lowest BCUT2D eigenvalue weighted by Gasteiger charge is -2.13. The summed E-state index contributed by atoms with van der Waals surface area (Å²) in [6.07, 6.45) is 0. The third kappa shape index (κ3) is 4.87. The second-order valence-corrected chi connectivity index (χ2v) is 6.47. The number of rotatable bonds is 6. The smallest absolute Gasteiger partial charge is 0.237 e. The van der Waals surface area contributed by atoms with E-state index in [1.165, 1.54) is 14.0 Å². The number of nitrogens with one attached hydrogen (secondary N) is 2. The maximum atomic E-state index is 12.0. The van der Waals surface area contributed by atoms with Crippen molar-refractivity contribution in [1.82, 2.24) is 10.0 Å². The first-order valence-corrected chi connectivity index (χ1v) is 7.91. The summed E-state index contributed by atoms with van der Waals surface area (Å²) < 4.78 is 26.2. The molecule has 1 rings (SSSR count). The lowest BCUT2D eigenvalue weighted by Crippen LogP contribution is -2.43. The number of hydrogen-bond donors (Lipinski definition) is 3. The van der Waals surface area contributed by atoms with Gasteiger partial charge in [-0.25, -0.2) is 13.1 Å². The molecule has 0 aromatic heterocycles. The molecule has 0 bridgehead atoms. The second kappa shape index (κ2) is 6.78. The van der Waals surface area contributed by atoms with Crippen molar-refractivity contribution in [3.8, 4) is 0 Å². The Morgan fingerprint density at radius 3 is 2.65 bits per heavy atom. The summed E-state index contributed by atoms with van der Waals surface area (Å²) in [5.74, 6) is -0.643. The van der Waals surface area contributed by atoms with Gasteiger partial charge in [0, 0.05) is 12.6 Å². The molecule has 8 heteroatoms. The molecule has 0 radical (unpaired) electrons. The molecule has 1 atom stereocenters. The van der Waals surface area contributed by atoms with Crippen LogP contribution in [0.1, 0.15) is 18.1 Å². The van der Waals surface area contributed by atoms with E-state index in [-0.39, 0.29) is 10.7 Å². The normalized spacial score (nSPS) is 12.7. The highest BCUT2D eigenvalue weighted by atomic mass is 32.2. The van der Waals surface area contributed by atoms with E-state index in [4.69, 9.17) is 18.0 Å². The second-order valence-electron chi connectivity index (χ2n) is 4.28. The van der Waals surface area contributed by atoms with Crippen LogP contribution in [0.5, 0.6) is 0 Å². The summed E-state index contributed by atoms with van der Waals surface area (Å²) in [5.41, 5.74) is 6.65. The van der Waals surface area contributed by atoms with Crippen LogP contribution in [-0.2, 0) is 20.6 Å². The molecule has 0 heterocycles. The van der Waals surface area contributed by atoms with Crippen LogP contribution in [0.15, 0.2) is 24.3 Å². The van der Waals surface area contributed by atoms with Gasteiger partial charge in [-0.05, 0) is 18.6 Å². The van der Waals surface area contributed by atoms with Crippen LogP contribution in [0.2, 0.25) is 0 Å². The van der Waals surface area contributed by atoms with Crippen molar-refractivity contribution < 1.29 is 13.2 Å². The largest absolute Gasteiger partial charge is 0.389 e. The molecule has 0 aliphatic heterocycles. The zero-order valence-corrected chi connectivity index (χ0v) is 12.8. The van der Waals surface area contributed by atoms with Gasteiger partial charge in [0.05, 0.1) is 11.8 Å². The minimum atomic E-state index is -3.63. The monoisotopic (exact) mass is 315 g/mol. The third-order valence-corrected chi connectivity index (χ3v) is 4.23. The van der Waals surface area contributed by atoms with Crippen molar-refractivity contribution in [2.24, 2.45) is 5.73 Å². The van der Waals surface area contributed by atoms with E-state index in [1.807, 2.05) is 0 Å². The van der Waals surface area contributed by atoms with Crippen LogP contribution in [0, 0.1) is 0 Å². The Morgan fingerprint density at radius 1 is 1.45 bits per heavy atom. The molecule has 1 amide bonds. The Morgan fingerprint density at radius 2 is 2.10 bits per heavy atom. The van der Waals surface area contributed by atoms with Gasteiger partial charge in [0.25, 0.3) is 0 Å². The molecule has 6 nitrogen and oxygen atoms in total. The number of sulfonamides is 1. The minimum absolute atomic E-state index is 0.205. The van der Waals surface area contributed by atoms with Crippen molar-refractivity contribution in [2.75, 3.05) is 7.05 Å². The number of carbonyl (C=O) groups is 1. The Kier molecular flexibility index (Phi) is 5.61. The van der Waals surface area contributed by atoms with Crippen LogP contribution in [-0.4, -0.2) is 32.4 Å². The van der Waals surface area contributed by atoms with Crippen molar-refractivity contribution in [3.05, 3.63) is 35.4 Å². The number of thiocarbonyl (C=S) groups is 1. The number of carbonyl (C=O) groups excluding carboxylic acids is 1. The molecule has 1 aromatic carbocycles. The number of hydrogen-bond acceptors (Lipinski definition) is 4. The molecule has 1 aromatic rings. The predicted octanol–water partition coefficient (Wildman–Crippen LogP) is -0.125. The molecule has 0 fully saturated rings. The quantitative estimate of drug-likeness (QED) is 0.635. The van der Waals surface area contributed by atoms with Crippen LogP contribution in [0.4, 0.5) is 0 Å². The number of benzene rings is 1. The first kappa shape index (κ1) is 16.5. The fourth-order valence-corrected chi connectivity index (χ4v) is 3.09. The van der Waals surface area contributed by atoms with Gasteiger partial charge >= 0.3 is 0 Å². The van der Waals surface area contributed by atoms with Crippen LogP contribution < -0.4 is 15.8 Å².